The van der Waals surface area contributed by atoms with Crippen LogP contribution < -0.4 is 5.32 Å². The number of aromatic nitrogens is 1. The van der Waals surface area contributed by atoms with E-state index < -0.39 is 5.60 Å². The average molecular weight is 252 g/mol. The van der Waals surface area contributed by atoms with E-state index in [1.807, 2.05) is 6.92 Å². The lowest BCUT2D eigenvalue weighted by atomic mass is 10.0. The van der Waals surface area contributed by atoms with Crippen molar-refractivity contribution < 1.29 is 14.4 Å². The van der Waals surface area contributed by atoms with Gasteiger partial charge in [0.05, 0.1) is 5.60 Å². The Hall–Kier alpha value is -1.36. The van der Waals surface area contributed by atoms with Crippen LogP contribution in [0, 0.1) is 0 Å². The molecular weight excluding hydrogens is 232 g/mol. The lowest BCUT2D eigenvalue weighted by Crippen LogP contribution is -2.40. The number of nitrogens with zero attached hydrogens (tertiary/aromatic N) is 1. The molecule has 1 atom stereocenters. The first-order valence-electron chi connectivity index (χ1n) is 6.49. The number of aliphatic hydroxyl groups is 1. The van der Waals surface area contributed by atoms with Gasteiger partial charge in [0.2, 0.25) is 0 Å². The van der Waals surface area contributed by atoms with Gasteiger partial charge in [-0.15, -0.1) is 0 Å². The topological polar surface area (TPSA) is 75.4 Å². The molecule has 5 heteroatoms. The quantitative estimate of drug-likeness (QED) is 0.810. The van der Waals surface area contributed by atoms with Crippen LogP contribution in [0.25, 0.3) is 0 Å². The van der Waals surface area contributed by atoms with Crippen molar-refractivity contribution in [2.75, 3.05) is 6.54 Å². The third-order valence-electron chi connectivity index (χ3n) is 3.16. The number of carbonyl (C=O) groups excluding carboxylic acids is 1. The average Bonchev–Trinajstić information content (AvgIpc) is 3.04. The maximum absolute atomic E-state index is 11.8. The van der Waals surface area contributed by atoms with Gasteiger partial charge in [-0.05, 0) is 26.2 Å². The number of rotatable bonds is 6. The highest BCUT2D eigenvalue weighted by Gasteiger charge is 2.29. The molecule has 0 radical (unpaired) electrons. The minimum absolute atomic E-state index is 0.227. The Morgan fingerprint density at radius 3 is 3.00 bits per heavy atom. The lowest BCUT2D eigenvalue weighted by molar-refractivity contribution is 0.0467. The van der Waals surface area contributed by atoms with Crippen molar-refractivity contribution >= 4 is 5.91 Å². The molecule has 1 amide bonds. The summed E-state index contributed by atoms with van der Waals surface area (Å²) in [5.41, 5.74) is -0.572. The molecule has 1 aromatic rings. The zero-order chi connectivity index (χ0) is 13.2. The zero-order valence-corrected chi connectivity index (χ0v) is 10.9. The summed E-state index contributed by atoms with van der Waals surface area (Å²) < 4.78 is 5.12. The molecule has 18 heavy (non-hydrogen) atoms. The summed E-state index contributed by atoms with van der Waals surface area (Å²) in [5.74, 6) is 0.949. The van der Waals surface area contributed by atoms with E-state index in [9.17, 15) is 9.90 Å². The molecule has 1 fully saturated rings. The number of hydrogen-bond acceptors (Lipinski definition) is 4. The van der Waals surface area contributed by atoms with Crippen LogP contribution in [0.4, 0.5) is 0 Å². The van der Waals surface area contributed by atoms with Crippen molar-refractivity contribution in [1.29, 1.82) is 0 Å². The van der Waals surface area contributed by atoms with Crippen molar-refractivity contribution in [3.63, 3.8) is 0 Å². The molecule has 100 valence electrons. The highest BCUT2D eigenvalue weighted by atomic mass is 16.5. The third-order valence-corrected chi connectivity index (χ3v) is 3.16. The summed E-state index contributed by atoms with van der Waals surface area (Å²) in [4.78, 5) is 11.8. The van der Waals surface area contributed by atoms with E-state index in [0.717, 1.165) is 25.0 Å². The molecule has 0 spiro atoms. The van der Waals surface area contributed by atoms with E-state index >= 15 is 0 Å². The van der Waals surface area contributed by atoms with E-state index in [1.165, 1.54) is 0 Å². The normalized spacial score (nSPS) is 18.4. The summed E-state index contributed by atoms with van der Waals surface area (Å²) in [6.07, 6.45) is 3.75. The molecule has 1 unspecified atom stereocenters. The second-order valence-electron chi connectivity index (χ2n) is 5.32. The lowest BCUT2D eigenvalue weighted by Gasteiger charge is -2.22. The Morgan fingerprint density at radius 1 is 1.67 bits per heavy atom. The first-order chi connectivity index (χ1) is 8.52. The van der Waals surface area contributed by atoms with Gasteiger partial charge in [0, 0.05) is 18.5 Å². The van der Waals surface area contributed by atoms with Crippen LogP contribution in [0.15, 0.2) is 10.6 Å². The fraction of sp³-hybridized carbons (Fsp3) is 0.692. The summed E-state index contributed by atoms with van der Waals surface area (Å²) in [5, 5.41) is 16.4. The minimum Gasteiger partial charge on any atom is -0.388 e. The van der Waals surface area contributed by atoms with E-state index in [2.05, 4.69) is 10.5 Å². The standard InChI is InChI=1S/C13H20N2O3/c1-3-6-13(2,17)8-14-12(16)10-7-11(18-15-10)9-4-5-9/h7,9,17H,3-6,8H2,1-2H3,(H,14,16). The molecule has 2 rings (SSSR count). The van der Waals surface area contributed by atoms with E-state index in [-0.39, 0.29) is 12.5 Å². The highest BCUT2D eigenvalue weighted by Crippen LogP contribution is 2.40. The van der Waals surface area contributed by atoms with Gasteiger partial charge >= 0.3 is 0 Å². The van der Waals surface area contributed by atoms with Crippen molar-refractivity contribution in [1.82, 2.24) is 10.5 Å². The van der Waals surface area contributed by atoms with Crippen molar-refractivity contribution in [3.8, 4) is 0 Å². The van der Waals surface area contributed by atoms with Gasteiger partial charge < -0.3 is 14.9 Å². The maximum atomic E-state index is 11.8. The SMILES string of the molecule is CCCC(C)(O)CNC(=O)c1cc(C2CC2)on1. The number of carbonyl (C=O) groups is 1. The Balaban J connectivity index is 1.86. The smallest absolute Gasteiger partial charge is 0.273 e. The highest BCUT2D eigenvalue weighted by molar-refractivity contribution is 5.92. The van der Waals surface area contributed by atoms with Gasteiger partial charge in [-0.1, -0.05) is 18.5 Å². The van der Waals surface area contributed by atoms with Crippen LogP contribution in [0.2, 0.25) is 0 Å². The molecule has 5 nitrogen and oxygen atoms in total. The Kier molecular flexibility index (Phi) is 3.71. The van der Waals surface area contributed by atoms with Crippen molar-refractivity contribution in [2.24, 2.45) is 0 Å². The Morgan fingerprint density at radius 2 is 2.39 bits per heavy atom. The fourth-order valence-electron chi connectivity index (χ4n) is 1.94. The monoisotopic (exact) mass is 252 g/mol. The van der Waals surface area contributed by atoms with Crippen molar-refractivity contribution in [2.45, 2.75) is 51.0 Å². The van der Waals surface area contributed by atoms with E-state index in [0.29, 0.717) is 18.0 Å². The van der Waals surface area contributed by atoms with Gasteiger partial charge in [-0.2, -0.15) is 0 Å². The van der Waals surface area contributed by atoms with Crippen LogP contribution in [0.1, 0.15) is 61.7 Å². The number of nitrogens with one attached hydrogen (secondary N) is 1. The Labute approximate surface area is 107 Å². The molecule has 1 heterocycles. The Bertz CT molecular complexity index is 422. The molecule has 1 aliphatic carbocycles. The molecule has 1 saturated carbocycles. The summed E-state index contributed by atoms with van der Waals surface area (Å²) in [6.45, 7) is 3.94. The molecule has 1 aromatic heterocycles. The second kappa shape index (κ2) is 5.10. The minimum atomic E-state index is -0.868. The maximum Gasteiger partial charge on any atom is 0.273 e. The van der Waals surface area contributed by atoms with Gasteiger partial charge in [0.25, 0.3) is 5.91 Å². The van der Waals surface area contributed by atoms with Crippen LogP contribution in [-0.2, 0) is 0 Å². The summed E-state index contributed by atoms with van der Waals surface area (Å²) in [7, 11) is 0. The van der Waals surface area contributed by atoms with E-state index in [1.54, 1.807) is 13.0 Å². The number of amides is 1. The van der Waals surface area contributed by atoms with Crippen molar-refractivity contribution in [3.05, 3.63) is 17.5 Å². The van der Waals surface area contributed by atoms with Crippen LogP contribution >= 0.6 is 0 Å². The molecule has 0 aliphatic heterocycles. The van der Waals surface area contributed by atoms with E-state index in [4.69, 9.17) is 4.52 Å². The molecule has 0 aromatic carbocycles. The van der Waals surface area contributed by atoms with Crippen LogP contribution in [-0.4, -0.2) is 28.3 Å². The summed E-state index contributed by atoms with van der Waals surface area (Å²) in [6, 6.07) is 1.70. The molecule has 1 aliphatic rings. The van der Waals surface area contributed by atoms with Gasteiger partial charge in [0.1, 0.15) is 5.76 Å². The first-order valence-corrected chi connectivity index (χ1v) is 6.49. The molecular formula is C13H20N2O3. The van der Waals surface area contributed by atoms with Crippen LogP contribution in [0.5, 0.6) is 0 Å². The second-order valence-corrected chi connectivity index (χ2v) is 5.32. The molecule has 0 saturated heterocycles. The third kappa shape index (κ3) is 3.32. The predicted molar refractivity (Wildman–Crippen MR) is 66.3 cm³/mol. The first kappa shape index (κ1) is 13.1. The fourth-order valence-corrected chi connectivity index (χ4v) is 1.94. The zero-order valence-electron chi connectivity index (χ0n) is 10.9. The van der Waals surface area contributed by atoms with Gasteiger partial charge in [0.15, 0.2) is 5.69 Å². The van der Waals surface area contributed by atoms with Gasteiger partial charge in [-0.25, -0.2) is 0 Å². The largest absolute Gasteiger partial charge is 0.388 e. The molecule has 0 bridgehead atoms. The summed E-state index contributed by atoms with van der Waals surface area (Å²) >= 11 is 0. The predicted octanol–water partition coefficient (Wildman–Crippen LogP) is 1.83. The number of hydrogen-bond donors (Lipinski definition) is 2. The molecule has 2 N–H and O–H groups in total. The van der Waals surface area contributed by atoms with Gasteiger partial charge in [-0.3, -0.25) is 4.79 Å². The van der Waals surface area contributed by atoms with Crippen LogP contribution in [0.3, 0.4) is 0 Å².